The summed E-state index contributed by atoms with van der Waals surface area (Å²) in [5.41, 5.74) is 3.03. The zero-order chi connectivity index (χ0) is 19.3. The highest BCUT2D eigenvalue weighted by atomic mass is 28.3. The molecule has 0 bridgehead atoms. The lowest BCUT2D eigenvalue weighted by atomic mass is 10.2. The fourth-order valence-electron chi connectivity index (χ4n) is 2.57. The average Bonchev–Trinajstić information content (AvgIpc) is 2.94. The number of fused-ring (bicyclic) bond motifs is 1. The molecule has 0 spiro atoms. The van der Waals surface area contributed by atoms with Crippen molar-refractivity contribution in [3.8, 4) is 5.69 Å². The van der Waals surface area contributed by atoms with Crippen LogP contribution in [-0.2, 0) is 12.5 Å². The number of nitrogens with zero attached hydrogens (tertiary/aromatic N) is 2. The lowest BCUT2D eigenvalue weighted by Gasteiger charge is -2.16. The molecular formula is C19H24N2Si. The van der Waals surface area contributed by atoms with E-state index in [0.29, 0.717) is 5.56 Å². The molecule has 3 heteroatoms. The third-order valence-corrected chi connectivity index (χ3v) is 4.45. The quantitative estimate of drug-likeness (QED) is 0.389. The summed E-state index contributed by atoms with van der Waals surface area (Å²) in [6.45, 7) is 5.99. The first kappa shape index (κ1) is 10.8. The Balaban J connectivity index is 2.22. The third kappa shape index (κ3) is 3.00. The van der Waals surface area contributed by atoms with Crippen LogP contribution in [-0.4, -0.2) is 12.6 Å². The van der Waals surface area contributed by atoms with Crippen LogP contribution in [0.1, 0.15) is 18.0 Å². The minimum absolute atomic E-state index is 0.659. The Labute approximate surface area is 139 Å². The largest absolute Gasteiger partial charge is 0.319 e. The number of imidazole rings is 1. The van der Waals surface area contributed by atoms with Gasteiger partial charge in [0.05, 0.1) is 26.0 Å². The summed E-state index contributed by atoms with van der Waals surface area (Å²) in [7, 11) is -2.08. The summed E-state index contributed by atoms with van der Waals surface area (Å²) in [4.78, 5) is 0. The fourth-order valence-corrected chi connectivity index (χ4v) is 3.59. The predicted octanol–water partition coefficient (Wildman–Crippen LogP) is 4.16. The second-order valence-electron chi connectivity index (χ2n) is 6.41. The van der Waals surface area contributed by atoms with Crippen LogP contribution in [0.3, 0.4) is 0 Å². The zero-order valence-electron chi connectivity index (χ0n) is 17.5. The van der Waals surface area contributed by atoms with E-state index in [9.17, 15) is 0 Å². The van der Waals surface area contributed by atoms with Crippen LogP contribution in [0.5, 0.6) is 0 Å². The number of aryl methyl sites for hydroxylation is 1. The fraction of sp³-hybridized carbons (Fsp3) is 0.316. The van der Waals surface area contributed by atoms with Gasteiger partial charge in [-0.2, -0.15) is 0 Å². The van der Waals surface area contributed by atoms with Crippen LogP contribution in [0.25, 0.3) is 16.7 Å². The summed E-state index contributed by atoms with van der Waals surface area (Å²) in [6.07, 6.45) is 3.11. The van der Waals surface area contributed by atoms with E-state index in [1.807, 2.05) is 68.2 Å². The molecule has 1 aromatic heterocycles. The number of aromatic nitrogens is 2. The van der Waals surface area contributed by atoms with Crippen LogP contribution in [0.15, 0.2) is 48.5 Å². The van der Waals surface area contributed by atoms with Crippen molar-refractivity contribution in [1.29, 1.82) is 0 Å². The summed E-state index contributed by atoms with van der Waals surface area (Å²) >= 11 is 0. The normalized spacial score (nSPS) is 16.0. The van der Waals surface area contributed by atoms with Crippen molar-refractivity contribution >= 4 is 19.1 Å². The molecule has 0 fully saturated rings. The van der Waals surface area contributed by atoms with Crippen molar-refractivity contribution < 1.29 is 10.1 Å². The first-order chi connectivity index (χ1) is 11.9. The first-order valence-corrected chi connectivity index (χ1v) is 11.0. The maximum Gasteiger partial charge on any atom is 0.244 e. The van der Waals surface area contributed by atoms with Crippen molar-refractivity contribution in [2.75, 3.05) is 0 Å². The van der Waals surface area contributed by atoms with E-state index < -0.39 is 20.6 Å². The Kier molecular flexibility index (Phi) is 2.81. The molecule has 1 heterocycles. The Bertz CT molecular complexity index is 952. The highest BCUT2D eigenvalue weighted by Crippen LogP contribution is 2.19. The van der Waals surface area contributed by atoms with Gasteiger partial charge < -0.3 is 9.13 Å². The highest BCUT2D eigenvalue weighted by Gasteiger charge is 2.14. The lowest BCUT2D eigenvalue weighted by molar-refractivity contribution is -0.672. The lowest BCUT2D eigenvalue weighted by Crippen LogP contribution is -2.30. The van der Waals surface area contributed by atoms with Gasteiger partial charge >= 0.3 is 0 Å². The van der Waals surface area contributed by atoms with Crippen LogP contribution in [0.4, 0.5) is 0 Å². The van der Waals surface area contributed by atoms with E-state index in [1.165, 1.54) is 11.5 Å². The van der Waals surface area contributed by atoms with Crippen LogP contribution in [0, 0.1) is 6.33 Å². The number of benzene rings is 2. The van der Waals surface area contributed by atoms with Gasteiger partial charge in [0.15, 0.2) is 0 Å². The molecule has 0 amide bonds. The molecule has 2 nitrogen and oxygen atoms in total. The topological polar surface area (TPSA) is 8.81 Å². The van der Waals surface area contributed by atoms with Gasteiger partial charge in [0.2, 0.25) is 6.33 Å². The van der Waals surface area contributed by atoms with E-state index in [-0.39, 0.29) is 0 Å². The first-order valence-electron chi connectivity index (χ1n) is 9.49. The van der Waals surface area contributed by atoms with Crippen molar-refractivity contribution in [1.82, 2.24) is 4.57 Å². The molecule has 0 aliphatic rings. The molecule has 3 rings (SSSR count). The van der Waals surface area contributed by atoms with Gasteiger partial charge in [-0.15, -0.1) is 0 Å². The monoisotopic (exact) mass is 312 g/mol. The minimum Gasteiger partial charge on any atom is -0.319 e. The Hall–Kier alpha value is -1.87. The van der Waals surface area contributed by atoms with Crippen molar-refractivity contribution in [2.24, 2.45) is 0 Å². The molecule has 0 unspecified atom stereocenters. The molecule has 0 N–H and O–H groups in total. The second-order valence-corrected chi connectivity index (χ2v) is 11.2. The van der Waals surface area contributed by atoms with E-state index in [0.717, 1.165) is 16.7 Å². The standard InChI is InChI=1S/C19H24N2Si/c1-5-20-15-21(19-12-7-6-11-18(19)20)17-10-8-9-16(13-17)14-22(2,3)4/h6-13H,5,14H2,1-4H3/i5D2,14D2. The number of para-hydroxylation sites is 2. The Morgan fingerprint density at radius 2 is 1.91 bits per heavy atom. The molecule has 0 aliphatic carbocycles. The van der Waals surface area contributed by atoms with Gasteiger partial charge in [-0.05, 0) is 12.9 Å². The number of rotatable bonds is 4. The van der Waals surface area contributed by atoms with Crippen molar-refractivity contribution in [2.45, 2.75) is 39.1 Å². The third-order valence-electron chi connectivity index (χ3n) is 3.41. The SMILES string of the molecule is [2H]C([2H])(C)[n+]1[c-]n(-c2cccc(C([2H])([2H])[Si](C)(C)C)c2)c2ccccc21. The molecule has 0 saturated heterocycles. The Morgan fingerprint density at radius 3 is 2.64 bits per heavy atom. The van der Waals surface area contributed by atoms with Crippen LogP contribution < -0.4 is 4.57 Å². The molecule has 0 aliphatic heterocycles. The van der Waals surface area contributed by atoms with E-state index in [1.54, 1.807) is 4.57 Å². The van der Waals surface area contributed by atoms with Gasteiger partial charge in [0, 0.05) is 10.8 Å². The van der Waals surface area contributed by atoms with Gasteiger partial charge in [0.1, 0.15) is 0 Å². The van der Waals surface area contributed by atoms with E-state index in [4.69, 9.17) is 5.48 Å². The number of hydrogen-bond acceptors (Lipinski definition) is 0. The van der Waals surface area contributed by atoms with E-state index in [2.05, 4.69) is 6.33 Å². The zero-order valence-corrected chi connectivity index (χ0v) is 14.5. The van der Waals surface area contributed by atoms with Gasteiger partial charge in [-0.3, -0.25) is 0 Å². The van der Waals surface area contributed by atoms with Crippen LogP contribution >= 0.6 is 0 Å². The molecule has 22 heavy (non-hydrogen) atoms. The summed E-state index contributed by atoms with van der Waals surface area (Å²) in [5.74, 6) is -1.36. The molecule has 0 radical (unpaired) electrons. The number of hydrogen-bond donors (Lipinski definition) is 0. The summed E-state index contributed by atoms with van der Waals surface area (Å²) in [6, 6.07) is 15.0. The van der Waals surface area contributed by atoms with Crippen LogP contribution in [0.2, 0.25) is 19.6 Å². The maximum atomic E-state index is 8.59. The van der Waals surface area contributed by atoms with Crippen molar-refractivity contribution in [3.05, 3.63) is 60.4 Å². The Morgan fingerprint density at radius 1 is 1.14 bits per heavy atom. The molecule has 3 aromatic rings. The molecule has 114 valence electrons. The average molecular weight is 313 g/mol. The van der Waals surface area contributed by atoms with Gasteiger partial charge in [0.25, 0.3) is 0 Å². The predicted molar refractivity (Wildman–Crippen MR) is 95.0 cm³/mol. The summed E-state index contributed by atoms with van der Waals surface area (Å²) < 4.78 is 36.6. The van der Waals surface area contributed by atoms with E-state index >= 15 is 0 Å². The highest BCUT2D eigenvalue weighted by molar-refractivity contribution is 6.75. The van der Waals surface area contributed by atoms with Crippen molar-refractivity contribution in [3.63, 3.8) is 0 Å². The molecular weight excluding hydrogens is 284 g/mol. The molecule has 2 aromatic carbocycles. The summed E-state index contributed by atoms with van der Waals surface area (Å²) in [5, 5.41) is 0. The molecule has 0 atom stereocenters. The van der Waals surface area contributed by atoms with Gasteiger partial charge in [-0.1, -0.05) is 73.7 Å². The smallest absolute Gasteiger partial charge is 0.244 e. The minimum atomic E-state index is -2.08. The molecule has 0 saturated carbocycles. The maximum absolute atomic E-state index is 8.59. The second kappa shape index (κ2) is 5.73. The van der Waals surface area contributed by atoms with Gasteiger partial charge in [-0.25, -0.2) is 0 Å².